The van der Waals surface area contributed by atoms with Gasteiger partial charge in [0.1, 0.15) is 5.82 Å². The fraction of sp³-hybridized carbons (Fsp3) is 0.500. The Bertz CT molecular complexity index is 596. The van der Waals surface area contributed by atoms with Crippen molar-refractivity contribution < 1.29 is 0 Å². The Labute approximate surface area is 120 Å². The standard InChI is InChI=1S/C16H22N4/c1-3-12-6-5-7-14-16(12)19-15(10-18-14)20-9-8-13(11-20)17-4-2/h5-7,10,13,17H,3-4,8-9,11H2,1-2H3. The Hall–Kier alpha value is -1.68. The molecule has 1 aliphatic rings. The molecule has 4 nitrogen and oxygen atoms in total. The summed E-state index contributed by atoms with van der Waals surface area (Å²) < 4.78 is 0. The van der Waals surface area contributed by atoms with E-state index in [0.29, 0.717) is 6.04 Å². The van der Waals surface area contributed by atoms with Crippen LogP contribution in [-0.4, -0.2) is 35.6 Å². The molecule has 1 aromatic carbocycles. The second kappa shape index (κ2) is 5.75. The lowest BCUT2D eigenvalue weighted by Crippen LogP contribution is -2.32. The molecule has 1 fully saturated rings. The molecule has 106 valence electrons. The van der Waals surface area contributed by atoms with Gasteiger partial charge in [-0.25, -0.2) is 4.98 Å². The highest BCUT2D eigenvalue weighted by Gasteiger charge is 2.23. The van der Waals surface area contributed by atoms with Gasteiger partial charge in [-0.05, 0) is 31.0 Å². The van der Waals surface area contributed by atoms with E-state index in [0.717, 1.165) is 42.9 Å². The van der Waals surface area contributed by atoms with Gasteiger partial charge in [0, 0.05) is 19.1 Å². The van der Waals surface area contributed by atoms with Gasteiger partial charge in [0.15, 0.2) is 0 Å². The van der Waals surface area contributed by atoms with Crippen molar-refractivity contribution in [3.05, 3.63) is 30.0 Å². The fourth-order valence-electron chi connectivity index (χ4n) is 2.94. The molecule has 0 bridgehead atoms. The highest BCUT2D eigenvalue weighted by Crippen LogP contribution is 2.22. The van der Waals surface area contributed by atoms with E-state index in [1.54, 1.807) is 0 Å². The molecule has 0 spiro atoms. The SMILES string of the molecule is CCNC1CCN(c2cnc3cccc(CC)c3n2)C1. The number of para-hydroxylation sites is 1. The van der Waals surface area contributed by atoms with E-state index >= 15 is 0 Å². The quantitative estimate of drug-likeness (QED) is 0.926. The van der Waals surface area contributed by atoms with Crippen LogP contribution in [0.5, 0.6) is 0 Å². The normalized spacial score (nSPS) is 18.9. The maximum atomic E-state index is 4.86. The van der Waals surface area contributed by atoms with Gasteiger partial charge in [0.2, 0.25) is 0 Å². The third-order valence-corrected chi connectivity index (χ3v) is 4.03. The number of nitrogens with zero attached hydrogens (tertiary/aromatic N) is 3. The molecule has 1 atom stereocenters. The van der Waals surface area contributed by atoms with Gasteiger partial charge in [-0.15, -0.1) is 0 Å². The predicted molar refractivity (Wildman–Crippen MR) is 83.2 cm³/mol. The molecule has 1 aromatic heterocycles. The van der Waals surface area contributed by atoms with Crippen LogP contribution in [-0.2, 0) is 6.42 Å². The zero-order chi connectivity index (χ0) is 13.9. The fourth-order valence-corrected chi connectivity index (χ4v) is 2.94. The Morgan fingerprint density at radius 3 is 3.05 bits per heavy atom. The van der Waals surface area contributed by atoms with Gasteiger partial charge < -0.3 is 10.2 Å². The molecular weight excluding hydrogens is 248 g/mol. The second-order valence-electron chi connectivity index (χ2n) is 5.36. The number of anilines is 1. The summed E-state index contributed by atoms with van der Waals surface area (Å²) in [5.74, 6) is 1.01. The van der Waals surface area contributed by atoms with Crippen LogP contribution >= 0.6 is 0 Å². The molecule has 0 saturated carbocycles. The van der Waals surface area contributed by atoms with Crippen molar-refractivity contribution in [1.82, 2.24) is 15.3 Å². The molecule has 20 heavy (non-hydrogen) atoms. The highest BCUT2D eigenvalue weighted by atomic mass is 15.2. The monoisotopic (exact) mass is 270 g/mol. The summed E-state index contributed by atoms with van der Waals surface area (Å²) in [6.07, 6.45) is 4.09. The number of aryl methyl sites for hydroxylation is 1. The molecule has 1 saturated heterocycles. The Morgan fingerprint density at radius 2 is 2.25 bits per heavy atom. The van der Waals surface area contributed by atoms with Crippen molar-refractivity contribution in [2.24, 2.45) is 0 Å². The van der Waals surface area contributed by atoms with E-state index in [-0.39, 0.29) is 0 Å². The van der Waals surface area contributed by atoms with Gasteiger partial charge in [-0.3, -0.25) is 4.98 Å². The first kappa shape index (κ1) is 13.3. The molecule has 2 heterocycles. The average molecular weight is 270 g/mol. The van der Waals surface area contributed by atoms with Crippen LogP contribution in [0.25, 0.3) is 11.0 Å². The molecule has 0 radical (unpaired) electrons. The van der Waals surface area contributed by atoms with Crippen LogP contribution in [0.15, 0.2) is 24.4 Å². The number of rotatable bonds is 4. The molecule has 2 aromatic rings. The lowest BCUT2D eigenvalue weighted by Gasteiger charge is -2.18. The molecule has 3 rings (SSSR count). The van der Waals surface area contributed by atoms with Crippen LogP contribution in [0.1, 0.15) is 25.8 Å². The van der Waals surface area contributed by atoms with Crippen molar-refractivity contribution in [3.8, 4) is 0 Å². The third kappa shape index (κ3) is 2.48. The van der Waals surface area contributed by atoms with Crippen molar-refractivity contribution >= 4 is 16.9 Å². The van der Waals surface area contributed by atoms with Crippen LogP contribution in [0, 0.1) is 0 Å². The van der Waals surface area contributed by atoms with Crippen molar-refractivity contribution in [1.29, 1.82) is 0 Å². The molecule has 1 N–H and O–H groups in total. The van der Waals surface area contributed by atoms with Gasteiger partial charge >= 0.3 is 0 Å². The molecular formula is C16H22N4. The number of aromatic nitrogens is 2. The van der Waals surface area contributed by atoms with Gasteiger partial charge in [0.25, 0.3) is 0 Å². The smallest absolute Gasteiger partial charge is 0.147 e. The van der Waals surface area contributed by atoms with Gasteiger partial charge in [-0.2, -0.15) is 0 Å². The second-order valence-corrected chi connectivity index (χ2v) is 5.36. The van der Waals surface area contributed by atoms with Crippen LogP contribution in [0.4, 0.5) is 5.82 Å². The molecule has 1 aliphatic heterocycles. The van der Waals surface area contributed by atoms with Gasteiger partial charge in [0.05, 0.1) is 17.2 Å². The van der Waals surface area contributed by atoms with Gasteiger partial charge in [-0.1, -0.05) is 26.0 Å². The van der Waals surface area contributed by atoms with Crippen molar-refractivity contribution in [3.63, 3.8) is 0 Å². The average Bonchev–Trinajstić information content (AvgIpc) is 2.95. The first-order chi connectivity index (χ1) is 9.81. The summed E-state index contributed by atoms with van der Waals surface area (Å²) in [5, 5.41) is 3.51. The number of hydrogen-bond donors (Lipinski definition) is 1. The summed E-state index contributed by atoms with van der Waals surface area (Å²) in [7, 11) is 0. The first-order valence-electron chi connectivity index (χ1n) is 7.54. The number of benzene rings is 1. The minimum atomic E-state index is 0.582. The number of hydrogen-bond acceptors (Lipinski definition) is 4. The van der Waals surface area contributed by atoms with E-state index in [9.17, 15) is 0 Å². The van der Waals surface area contributed by atoms with Crippen LogP contribution < -0.4 is 10.2 Å². The zero-order valence-electron chi connectivity index (χ0n) is 12.3. The van der Waals surface area contributed by atoms with Crippen molar-refractivity contribution in [2.45, 2.75) is 32.7 Å². The maximum Gasteiger partial charge on any atom is 0.147 e. The number of likely N-dealkylation sites (N-methyl/N-ethyl adjacent to an activating group) is 1. The van der Waals surface area contributed by atoms with E-state index in [4.69, 9.17) is 4.98 Å². The minimum absolute atomic E-state index is 0.582. The summed E-state index contributed by atoms with van der Waals surface area (Å²) in [4.78, 5) is 11.8. The van der Waals surface area contributed by atoms with E-state index in [1.807, 2.05) is 12.3 Å². The number of fused-ring (bicyclic) bond motifs is 1. The topological polar surface area (TPSA) is 41.0 Å². The molecule has 0 aliphatic carbocycles. The predicted octanol–water partition coefficient (Wildman–Crippen LogP) is 2.38. The summed E-state index contributed by atoms with van der Waals surface area (Å²) in [6.45, 7) is 7.45. The van der Waals surface area contributed by atoms with Crippen molar-refractivity contribution in [2.75, 3.05) is 24.5 Å². The molecule has 0 amide bonds. The lowest BCUT2D eigenvalue weighted by atomic mass is 10.1. The summed E-state index contributed by atoms with van der Waals surface area (Å²) >= 11 is 0. The Morgan fingerprint density at radius 1 is 1.35 bits per heavy atom. The van der Waals surface area contributed by atoms with E-state index < -0.39 is 0 Å². The largest absolute Gasteiger partial charge is 0.354 e. The third-order valence-electron chi connectivity index (χ3n) is 4.03. The van der Waals surface area contributed by atoms with Crippen LogP contribution in [0.3, 0.4) is 0 Å². The van der Waals surface area contributed by atoms with E-state index in [1.165, 1.54) is 12.0 Å². The number of nitrogens with one attached hydrogen (secondary N) is 1. The molecule has 1 unspecified atom stereocenters. The zero-order valence-corrected chi connectivity index (χ0v) is 12.3. The minimum Gasteiger partial charge on any atom is -0.354 e. The lowest BCUT2D eigenvalue weighted by molar-refractivity contribution is 0.571. The first-order valence-corrected chi connectivity index (χ1v) is 7.54. The molecule has 4 heteroatoms. The Balaban J connectivity index is 1.89. The van der Waals surface area contributed by atoms with Crippen LogP contribution in [0.2, 0.25) is 0 Å². The highest BCUT2D eigenvalue weighted by molar-refractivity contribution is 5.79. The summed E-state index contributed by atoms with van der Waals surface area (Å²) in [6, 6.07) is 6.83. The maximum absolute atomic E-state index is 4.86. The van der Waals surface area contributed by atoms with E-state index in [2.05, 4.69) is 41.2 Å². The Kier molecular flexibility index (Phi) is 3.83. The summed E-state index contributed by atoms with van der Waals surface area (Å²) in [5.41, 5.74) is 3.33.